The molecule has 1 unspecified atom stereocenters. The zero-order valence-corrected chi connectivity index (χ0v) is 14.1. The van der Waals surface area contributed by atoms with Gasteiger partial charge in [0.2, 0.25) is 0 Å². The van der Waals surface area contributed by atoms with Crippen molar-refractivity contribution < 1.29 is 4.79 Å². The molecule has 0 bridgehead atoms. The predicted molar refractivity (Wildman–Crippen MR) is 92.9 cm³/mol. The molecule has 3 rings (SSSR count). The summed E-state index contributed by atoms with van der Waals surface area (Å²) in [4.78, 5) is 12.5. The van der Waals surface area contributed by atoms with Gasteiger partial charge in [0.1, 0.15) is 0 Å². The molecule has 0 spiro atoms. The van der Waals surface area contributed by atoms with Gasteiger partial charge in [0.25, 0.3) is 5.91 Å². The summed E-state index contributed by atoms with van der Waals surface area (Å²) in [5.74, 6) is -0.0796. The van der Waals surface area contributed by atoms with Crippen LogP contribution in [-0.2, 0) is 19.4 Å². The molecule has 2 aromatic rings. The summed E-state index contributed by atoms with van der Waals surface area (Å²) in [7, 11) is 0. The van der Waals surface area contributed by atoms with E-state index in [0.717, 1.165) is 37.1 Å². The van der Waals surface area contributed by atoms with Gasteiger partial charge in [-0.3, -0.25) is 9.89 Å². The quantitative estimate of drug-likeness (QED) is 0.785. The second kappa shape index (κ2) is 8.13. The number of rotatable bonds is 5. The lowest BCUT2D eigenvalue weighted by molar-refractivity contribution is 0.0929. The summed E-state index contributed by atoms with van der Waals surface area (Å²) >= 11 is 0. The van der Waals surface area contributed by atoms with Crippen molar-refractivity contribution in [3.8, 4) is 0 Å². The Bertz CT molecular complexity index is 641. The molecule has 5 nitrogen and oxygen atoms in total. The van der Waals surface area contributed by atoms with Crippen LogP contribution in [0.2, 0.25) is 0 Å². The third-order valence-corrected chi connectivity index (χ3v) is 4.17. The van der Waals surface area contributed by atoms with Crippen LogP contribution in [0.1, 0.15) is 40.7 Å². The van der Waals surface area contributed by atoms with E-state index in [-0.39, 0.29) is 24.4 Å². The summed E-state index contributed by atoms with van der Waals surface area (Å²) in [5.41, 5.74) is 3.87. The third kappa shape index (κ3) is 4.12. The molecule has 1 atom stereocenters. The van der Waals surface area contributed by atoms with Crippen LogP contribution in [0.4, 0.5) is 0 Å². The Labute approximate surface area is 142 Å². The Hall–Kier alpha value is -1.85. The number of amides is 1. The van der Waals surface area contributed by atoms with Gasteiger partial charge in [-0.25, -0.2) is 0 Å². The molecule has 1 aliphatic heterocycles. The van der Waals surface area contributed by atoms with Crippen LogP contribution >= 0.6 is 12.4 Å². The number of aromatic nitrogens is 2. The molecular weight excluding hydrogens is 312 g/mol. The Balaban J connectivity index is 0.00000192. The zero-order valence-electron chi connectivity index (χ0n) is 13.3. The van der Waals surface area contributed by atoms with Gasteiger partial charge >= 0.3 is 0 Å². The van der Waals surface area contributed by atoms with Crippen LogP contribution in [0, 0.1) is 0 Å². The lowest BCUT2D eigenvalue weighted by atomic mass is 10.0. The van der Waals surface area contributed by atoms with Crippen molar-refractivity contribution in [3.63, 3.8) is 0 Å². The van der Waals surface area contributed by atoms with Crippen LogP contribution in [0.25, 0.3) is 0 Å². The van der Waals surface area contributed by atoms with E-state index in [2.05, 4.69) is 39.9 Å². The van der Waals surface area contributed by atoms with Gasteiger partial charge in [-0.05, 0) is 18.4 Å². The number of halogens is 1. The molecule has 1 aromatic heterocycles. The van der Waals surface area contributed by atoms with Crippen LogP contribution < -0.4 is 10.6 Å². The SMILES string of the molecule is CCC(Cc1ccccc1)NC(=O)c1n[nH]c2c1CNCC2.Cl. The van der Waals surface area contributed by atoms with Crippen molar-refractivity contribution in [2.75, 3.05) is 6.54 Å². The zero-order chi connectivity index (χ0) is 15.4. The minimum Gasteiger partial charge on any atom is -0.348 e. The molecule has 124 valence electrons. The van der Waals surface area contributed by atoms with Gasteiger partial charge in [0.05, 0.1) is 0 Å². The Kier molecular flexibility index (Phi) is 6.19. The highest BCUT2D eigenvalue weighted by atomic mass is 35.5. The van der Waals surface area contributed by atoms with E-state index in [4.69, 9.17) is 0 Å². The monoisotopic (exact) mass is 334 g/mol. The molecule has 0 saturated carbocycles. The predicted octanol–water partition coefficient (Wildman–Crippen LogP) is 2.23. The number of fused-ring (bicyclic) bond motifs is 1. The average molecular weight is 335 g/mol. The number of nitrogens with one attached hydrogen (secondary N) is 3. The maximum absolute atomic E-state index is 12.5. The van der Waals surface area contributed by atoms with Gasteiger partial charge in [-0.1, -0.05) is 37.3 Å². The lowest BCUT2D eigenvalue weighted by Crippen LogP contribution is -2.37. The van der Waals surface area contributed by atoms with E-state index in [1.54, 1.807) is 0 Å². The van der Waals surface area contributed by atoms with Crippen molar-refractivity contribution in [2.24, 2.45) is 0 Å². The molecule has 0 aliphatic carbocycles. The van der Waals surface area contributed by atoms with Crippen molar-refractivity contribution in [2.45, 2.75) is 38.8 Å². The largest absolute Gasteiger partial charge is 0.348 e. The smallest absolute Gasteiger partial charge is 0.272 e. The highest BCUT2D eigenvalue weighted by Crippen LogP contribution is 2.16. The second-order valence-electron chi connectivity index (χ2n) is 5.72. The van der Waals surface area contributed by atoms with Crippen molar-refractivity contribution in [1.29, 1.82) is 0 Å². The molecule has 23 heavy (non-hydrogen) atoms. The summed E-state index contributed by atoms with van der Waals surface area (Å²) in [5, 5.41) is 13.6. The summed E-state index contributed by atoms with van der Waals surface area (Å²) in [6.07, 6.45) is 2.64. The highest BCUT2D eigenvalue weighted by molar-refractivity contribution is 5.94. The molecule has 0 saturated heterocycles. The fourth-order valence-electron chi connectivity index (χ4n) is 2.86. The van der Waals surface area contributed by atoms with E-state index in [1.807, 2.05) is 18.2 Å². The first-order valence-corrected chi connectivity index (χ1v) is 7.89. The highest BCUT2D eigenvalue weighted by Gasteiger charge is 2.23. The number of benzene rings is 1. The number of hydrogen-bond acceptors (Lipinski definition) is 3. The number of carbonyl (C=O) groups is 1. The molecule has 2 heterocycles. The number of hydrogen-bond donors (Lipinski definition) is 3. The molecule has 1 aromatic carbocycles. The van der Waals surface area contributed by atoms with Crippen molar-refractivity contribution in [1.82, 2.24) is 20.8 Å². The summed E-state index contributed by atoms with van der Waals surface area (Å²) in [6.45, 7) is 3.74. The molecule has 3 N–H and O–H groups in total. The average Bonchev–Trinajstić information content (AvgIpc) is 2.99. The van der Waals surface area contributed by atoms with E-state index < -0.39 is 0 Å². The van der Waals surface area contributed by atoms with Crippen LogP contribution in [0.5, 0.6) is 0 Å². The molecule has 0 fully saturated rings. The van der Waals surface area contributed by atoms with Gasteiger partial charge in [0.15, 0.2) is 5.69 Å². The molecule has 1 amide bonds. The lowest BCUT2D eigenvalue weighted by Gasteiger charge is -2.18. The van der Waals surface area contributed by atoms with E-state index in [1.165, 1.54) is 5.56 Å². The number of carbonyl (C=O) groups excluding carboxylic acids is 1. The van der Waals surface area contributed by atoms with Gasteiger partial charge in [-0.15, -0.1) is 12.4 Å². The topological polar surface area (TPSA) is 69.8 Å². The minimum atomic E-state index is -0.0796. The molecule has 6 heteroatoms. The molecule has 0 radical (unpaired) electrons. The first-order chi connectivity index (χ1) is 10.8. The van der Waals surface area contributed by atoms with Crippen molar-refractivity contribution >= 4 is 18.3 Å². The van der Waals surface area contributed by atoms with Gasteiger partial charge in [-0.2, -0.15) is 5.10 Å². The third-order valence-electron chi connectivity index (χ3n) is 4.17. The van der Waals surface area contributed by atoms with Crippen LogP contribution in [0.15, 0.2) is 30.3 Å². The van der Waals surface area contributed by atoms with E-state index in [9.17, 15) is 4.79 Å². The Morgan fingerprint density at radius 2 is 2.13 bits per heavy atom. The fraction of sp³-hybridized carbons (Fsp3) is 0.412. The first-order valence-electron chi connectivity index (χ1n) is 7.89. The maximum Gasteiger partial charge on any atom is 0.272 e. The number of aromatic amines is 1. The van der Waals surface area contributed by atoms with Gasteiger partial charge in [0, 0.05) is 36.8 Å². The fourth-order valence-corrected chi connectivity index (χ4v) is 2.86. The normalized spacial score (nSPS) is 14.5. The van der Waals surface area contributed by atoms with Crippen molar-refractivity contribution in [3.05, 3.63) is 52.8 Å². The standard InChI is InChI=1S/C17H22N4O.ClH/c1-2-13(10-12-6-4-3-5-7-12)19-17(22)16-14-11-18-9-8-15(14)20-21-16;/h3-7,13,18H,2,8-11H2,1H3,(H,19,22)(H,20,21);1H. The minimum absolute atomic E-state index is 0. The summed E-state index contributed by atoms with van der Waals surface area (Å²) < 4.78 is 0. The first kappa shape index (κ1) is 17.5. The number of nitrogens with zero attached hydrogens (tertiary/aromatic N) is 1. The van der Waals surface area contributed by atoms with Gasteiger partial charge < -0.3 is 10.6 Å². The van der Waals surface area contributed by atoms with E-state index >= 15 is 0 Å². The Morgan fingerprint density at radius 1 is 1.35 bits per heavy atom. The molecular formula is C17H23ClN4O. The number of H-pyrrole nitrogens is 1. The second-order valence-corrected chi connectivity index (χ2v) is 5.72. The Morgan fingerprint density at radius 3 is 2.87 bits per heavy atom. The maximum atomic E-state index is 12.5. The molecule has 1 aliphatic rings. The van der Waals surface area contributed by atoms with Crippen LogP contribution in [-0.4, -0.2) is 28.7 Å². The van der Waals surface area contributed by atoms with E-state index in [0.29, 0.717) is 12.2 Å². The van der Waals surface area contributed by atoms with Crippen LogP contribution in [0.3, 0.4) is 0 Å². The summed E-state index contributed by atoms with van der Waals surface area (Å²) in [6, 6.07) is 10.4.